The summed E-state index contributed by atoms with van der Waals surface area (Å²) in [6.45, 7) is 9.51. The summed E-state index contributed by atoms with van der Waals surface area (Å²) in [6.07, 6.45) is 0.770. The van der Waals surface area contributed by atoms with Crippen molar-refractivity contribution in [1.82, 2.24) is 14.5 Å². The van der Waals surface area contributed by atoms with Crippen LogP contribution in [0.5, 0.6) is 0 Å². The largest absolute Gasteiger partial charge is 0.354 e. The Morgan fingerprint density at radius 1 is 1.00 bits per heavy atom. The molecule has 0 aromatic heterocycles. The second kappa shape index (κ2) is 12.2. The van der Waals surface area contributed by atoms with Gasteiger partial charge in [-0.1, -0.05) is 43.3 Å². The third-order valence-electron chi connectivity index (χ3n) is 5.97. The van der Waals surface area contributed by atoms with Crippen LogP contribution in [0.1, 0.15) is 42.5 Å². The Balaban J connectivity index is 2.51. The average Bonchev–Trinajstić information content (AvgIpc) is 2.81. The van der Waals surface area contributed by atoms with Crippen LogP contribution in [0.4, 0.5) is 5.69 Å². The molecule has 1 N–H and O–H groups in total. The molecule has 2 aromatic rings. The first-order valence-corrected chi connectivity index (χ1v) is 13.2. The van der Waals surface area contributed by atoms with Gasteiger partial charge in [-0.15, -0.1) is 0 Å². The lowest BCUT2D eigenvalue weighted by Gasteiger charge is -2.33. The zero-order chi connectivity index (χ0) is 26.3. The van der Waals surface area contributed by atoms with Gasteiger partial charge in [0, 0.05) is 27.2 Å². The van der Waals surface area contributed by atoms with Gasteiger partial charge in [0.2, 0.25) is 11.8 Å². The van der Waals surface area contributed by atoms with E-state index in [1.165, 1.54) is 19.0 Å². The van der Waals surface area contributed by atoms with E-state index in [0.717, 1.165) is 37.3 Å². The number of hydrogen-bond donors (Lipinski definition) is 1. The predicted octanol–water partition coefficient (Wildman–Crippen LogP) is 3.17. The molecule has 0 radical (unpaired) electrons. The third kappa shape index (κ3) is 7.05. The van der Waals surface area contributed by atoms with Crippen molar-refractivity contribution in [3.63, 3.8) is 0 Å². The lowest BCUT2D eigenvalue weighted by atomic mass is 10.1. The van der Waals surface area contributed by atoms with Crippen molar-refractivity contribution in [3.8, 4) is 0 Å². The van der Waals surface area contributed by atoms with Gasteiger partial charge < -0.3 is 10.2 Å². The van der Waals surface area contributed by atoms with Crippen molar-refractivity contribution in [1.29, 1.82) is 0 Å². The van der Waals surface area contributed by atoms with Crippen LogP contribution in [0.15, 0.2) is 42.5 Å². The molecule has 2 aromatic carbocycles. The quantitative estimate of drug-likeness (QED) is 0.511. The zero-order valence-electron chi connectivity index (χ0n) is 21.8. The summed E-state index contributed by atoms with van der Waals surface area (Å²) in [5.41, 5.74) is 3.92. The van der Waals surface area contributed by atoms with Gasteiger partial charge in [-0.3, -0.25) is 9.59 Å². The Morgan fingerprint density at radius 2 is 1.66 bits per heavy atom. The maximum atomic E-state index is 13.7. The van der Waals surface area contributed by atoms with Gasteiger partial charge in [0.1, 0.15) is 12.6 Å². The fourth-order valence-corrected chi connectivity index (χ4v) is 4.75. The third-order valence-corrected chi connectivity index (χ3v) is 7.78. The highest BCUT2D eigenvalue weighted by molar-refractivity contribution is 7.90. The van der Waals surface area contributed by atoms with E-state index in [0.29, 0.717) is 12.2 Å². The summed E-state index contributed by atoms with van der Waals surface area (Å²) in [6, 6.07) is 12.3. The Kier molecular flexibility index (Phi) is 9.85. The van der Waals surface area contributed by atoms with Gasteiger partial charge in [-0.05, 0) is 62.4 Å². The zero-order valence-corrected chi connectivity index (χ0v) is 22.6. The number of nitrogens with one attached hydrogen (secondary N) is 1. The van der Waals surface area contributed by atoms with E-state index in [2.05, 4.69) is 5.32 Å². The van der Waals surface area contributed by atoms with Crippen LogP contribution < -0.4 is 9.62 Å². The normalized spacial score (nSPS) is 12.3. The van der Waals surface area contributed by atoms with E-state index in [-0.39, 0.29) is 12.5 Å². The minimum absolute atomic E-state index is 0.189. The molecule has 0 unspecified atom stereocenters. The van der Waals surface area contributed by atoms with Crippen molar-refractivity contribution >= 4 is 27.7 Å². The molecule has 0 heterocycles. The Morgan fingerprint density at radius 3 is 2.26 bits per heavy atom. The number of anilines is 1. The number of aryl methyl sites for hydroxylation is 3. The van der Waals surface area contributed by atoms with Gasteiger partial charge in [0.25, 0.3) is 0 Å². The second-order valence-corrected chi connectivity index (χ2v) is 11.1. The van der Waals surface area contributed by atoms with E-state index in [9.17, 15) is 18.0 Å². The first-order chi connectivity index (χ1) is 16.4. The van der Waals surface area contributed by atoms with Gasteiger partial charge in [0.05, 0.1) is 5.69 Å². The summed E-state index contributed by atoms with van der Waals surface area (Å²) in [4.78, 5) is 28.0. The lowest BCUT2D eigenvalue weighted by Crippen LogP contribution is -2.52. The molecule has 0 saturated heterocycles. The Bertz CT molecular complexity index is 1150. The SMILES string of the molecule is CCCNC(=O)[C@H](C)N(Cc1ccccc1C)C(=O)CN(c1cc(C)ccc1C)S(=O)(=O)N(C)C. The molecule has 0 fully saturated rings. The summed E-state index contributed by atoms with van der Waals surface area (Å²) in [5, 5.41) is 2.84. The lowest BCUT2D eigenvalue weighted by molar-refractivity contribution is -0.139. The second-order valence-electron chi connectivity index (χ2n) is 9.00. The van der Waals surface area contributed by atoms with Gasteiger partial charge >= 0.3 is 10.2 Å². The highest BCUT2D eigenvalue weighted by Gasteiger charge is 2.33. The van der Waals surface area contributed by atoms with Crippen LogP contribution in [-0.4, -0.2) is 62.7 Å². The highest BCUT2D eigenvalue weighted by Crippen LogP contribution is 2.26. The van der Waals surface area contributed by atoms with Crippen LogP contribution in [0.2, 0.25) is 0 Å². The number of rotatable bonds is 11. The Labute approximate surface area is 210 Å². The van der Waals surface area contributed by atoms with Crippen molar-refractivity contribution < 1.29 is 18.0 Å². The molecular formula is C26H38N4O4S. The summed E-state index contributed by atoms with van der Waals surface area (Å²) < 4.78 is 28.8. The molecule has 35 heavy (non-hydrogen) atoms. The first kappa shape index (κ1) is 28.3. The molecule has 192 valence electrons. The van der Waals surface area contributed by atoms with Crippen molar-refractivity contribution in [2.45, 2.75) is 53.6 Å². The molecular weight excluding hydrogens is 464 g/mol. The summed E-state index contributed by atoms with van der Waals surface area (Å²) in [5.74, 6) is -0.735. The summed E-state index contributed by atoms with van der Waals surface area (Å²) >= 11 is 0. The molecule has 1 atom stereocenters. The van der Waals surface area contributed by atoms with Crippen LogP contribution in [-0.2, 0) is 26.3 Å². The van der Waals surface area contributed by atoms with Crippen LogP contribution in [0.25, 0.3) is 0 Å². The fraction of sp³-hybridized carbons (Fsp3) is 0.462. The molecule has 2 amide bonds. The standard InChI is InChI=1S/C26H38N4O4S/c1-8-15-27-26(32)22(5)29(17-23-12-10-9-11-20(23)3)25(31)18-30(35(33,34)28(6)7)24-16-19(2)13-14-21(24)4/h9-14,16,22H,8,15,17-18H2,1-7H3,(H,27,32)/t22-/m0/s1. The molecule has 0 aliphatic heterocycles. The average molecular weight is 503 g/mol. The molecule has 2 rings (SSSR count). The van der Waals surface area contributed by atoms with Gasteiger partial charge in [0.15, 0.2) is 0 Å². The fourth-order valence-electron chi connectivity index (χ4n) is 3.64. The van der Waals surface area contributed by atoms with Gasteiger partial charge in [-0.2, -0.15) is 12.7 Å². The molecule has 0 aliphatic rings. The first-order valence-electron chi connectivity index (χ1n) is 11.8. The number of carbonyl (C=O) groups is 2. The number of nitrogens with zero attached hydrogens (tertiary/aromatic N) is 3. The van der Waals surface area contributed by atoms with E-state index in [1.807, 2.05) is 64.1 Å². The van der Waals surface area contributed by atoms with E-state index < -0.39 is 28.7 Å². The highest BCUT2D eigenvalue weighted by atomic mass is 32.2. The van der Waals surface area contributed by atoms with Crippen LogP contribution in [0, 0.1) is 20.8 Å². The van der Waals surface area contributed by atoms with E-state index in [4.69, 9.17) is 0 Å². The minimum atomic E-state index is -3.98. The molecule has 0 saturated carbocycles. The topological polar surface area (TPSA) is 90.0 Å². The Hall–Kier alpha value is -2.91. The molecule has 0 spiro atoms. The van der Waals surface area contributed by atoms with Gasteiger partial charge in [-0.25, -0.2) is 4.31 Å². The summed E-state index contributed by atoms with van der Waals surface area (Å²) in [7, 11) is -1.11. The molecule has 9 heteroatoms. The monoisotopic (exact) mass is 502 g/mol. The maximum Gasteiger partial charge on any atom is 0.304 e. The number of amides is 2. The maximum absolute atomic E-state index is 13.7. The number of benzene rings is 2. The smallest absolute Gasteiger partial charge is 0.304 e. The van der Waals surface area contributed by atoms with E-state index >= 15 is 0 Å². The molecule has 0 aliphatic carbocycles. The number of carbonyl (C=O) groups excluding carboxylic acids is 2. The van der Waals surface area contributed by atoms with Crippen molar-refractivity contribution in [3.05, 3.63) is 64.7 Å². The predicted molar refractivity (Wildman–Crippen MR) is 140 cm³/mol. The van der Waals surface area contributed by atoms with Crippen molar-refractivity contribution in [2.24, 2.45) is 0 Å². The van der Waals surface area contributed by atoms with Crippen LogP contribution in [0.3, 0.4) is 0 Å². The van der Waals surface area contributed by atoms with Crippen LogP contribution >= 0.6 is 0 Å². The van der Waals surface area contributed by atoms with E-state index in [1.54, 1.807) is 13.0 Å². The minimum Gasteiger partial charge on any atom is -0.354 e. The molecule has 0 bridgehead atoms. The van der Waals surface area contributed by atoms with Crippen molar-refractivity contribution in [2.75, 3.05) is 31.5 Å². The number of hydrogen-bond acceptors (Lipinski definition) is 4. The molecule has 8 nitrogen and oxygen atoms in total.